The maximum atomic E-state index is 13.4. The van der Waals surface area contributed by atoms with Crippen molar-refractivity contribution in [2.45, 2.75) is 12.1 Å². The maximum absolute atomic E-state index is 13.4. The molecule has 2 rings (SSSR count). The SMILES string of the molecule is O=C(O)C(F)C1C(=O)Nc2cc(F)c(Cl)cc21. The van der Waals surface area contributed by atoms with Crippen LogP contribution in [-0.2, 0) is 9.59 Å². The lowest BCUT2D eigenvalue weighted by Gasteiger charge is -2.10. The number of nitrogens with one attached hydrogen (secondary N) is 1. The number of anilines is 1. The molecule has 17 heavy (non-hydrogen) atoms. The molecule has 0 fully saturated rings. The Labute approximate surface area is 99.2 Å². The minimum absolute atomic E-state index is 0.0470. The molecule has 2 N–H and O–H groups in total. The predicted octanol–water partition coefficient (Wildman–Crippen LogP) is 1.94. The zero-order chi connectivity index (χ0) is 12.7. The lowest BCUT2D eigenvalue weighted by atomic mass is 9.96. The van der Waals surface area contributed by atoms with Crippen LogP contribution < -0.4 is 5.32 Å². The van der Waals surface area contributed by atoms with Gasteiger partial charge < -0.3 is 10.4 Å². The third kappa shape index (κ3) is 1.84. The predicted molar refractivity (Wildman–Crippen MR) is 55.3 cm³/mol. The second-order valence-electron chi connectivity index (χ2n) is 3.56. The molecule has 0 saturated heterocycles. The molecule has 7 heteroatoms. The lowest BCUT2D eigenvalue weighted by Crippen LogP contribution is -2.28. The highest BCUT2D eigenvalue weighted by atomic mass is 35.5. The molecule has 90 valence electrons. The van der Waals surface area contributed by atoms with Gasteiger partial charge in [-0.15, -0.1) is 0 Å². The molecule has 2 atom stereocenters. The zero-order valence-electron chi connectivity index (χ0n) is 8.21. The first-order valence-electron chi connectivity index (χ1n) is 4.58. The van der Waals surface area contributed by atoms with Gasteiger partial charge in [-0.3, -0.25) is 4.79 Å². The number of fused-ring (bicyclic) bond motifs is 1. The van der Waals surface area contributed by atoms with Gasteiger partial charge in [-0.1, -0.05) is 11.6 Å². The smallest absolute Gasteiger partial charge is 0.339 e. The molecular formula is C10H6ClF2NO3. The summed E-state index contributed by atoms with van der Waals surface area (Å²) >= 11 is 5.51. The average Bonchev–Trinajstić information content (AvgIpc) is 2.53. The van der Waals surface area contributed by atoms with Crippen LogP contribution in [0.2, 0.25) is 5.02 Å². The van der Waals surface area contributed by atoms with E-state index in [-0.39, 0.29) is 16.3 Å². The summed E-state index contributed by atoms with van der Waals surface area (Å²) in [5, 5.41) is 10.5. The van der Waals surface area contributed by atoms with E-state index in [2.05, 4.69) is 5.32 Å². The van der Waals surface area contributed by atoms with Gasteiger partial charge in [-0.2, -0.15) is 0 Å². The summed E-state index contributed by atoms with van der Waals surface area (Å²) in [6.45, 7) is 0. The van der Waals surface area contributed by atoms with Crippen molar-refractivity contribution >= 4 is 29.2 Å². The number of amides is 1. The molecule has 0 saturated carbocycles. The molecule has 0 bridgehead atoms. The van der Waals surface area contributed by atoms with Gasteiger partial charge in [0.2, 0.25) is 12.1 Å². The largest absolute Gasteiger partial charge is 0.479 e. The number of hydrogen-bond acceptors (Lipinski definition) is 2. The second kappa shape index (κ2) is 3.96. The van der Waals surface area contributed by atoms with Crippen molar-refractivity contribution in [2.75, 3.05) is 5.32 Å². The van der Waals surface area contributed by atoms with Crippen LogP contribution in [0, 0.1) is 5.82 Å². The van der Waals surface area contributed by atoms with Gasteiger partial charge in [-0.25, -0.2) is 13.6 Å². The molecule has 0 aliphatic carbocycles. The Morgan fingerprint density at radius 1 is 1.53 bits per heavy atom. The first kappa shape index (κ1) is 11.8. The Bertz CT molecular complexity index is 521. The molecule has 1 aromatic rings. The Morgan fingerprint density at radius 3 is 2.76 bits per heavy atom. The molecule has 0 aromatic heterocycles. The Hall–Kier alpha value is -1.69. The van der Waals surface area contributed by atoms with Crippen LogP contribution >= 0.6 is 11.6 Å². The summed E-state index contributed by atoms with van der Waals surface area (Å²) < 4.78 is 26.5. The van der Waals surface area contributed by atoms with E-state index in [9.17, 15) is 18.4 Å². The molecule has 1 aromatic carbocycles. The number of carboxylic acid groups (broad SMARTS) is 1. The molecule has 1 aliphatic heterocycles. The van der Waals surface area contributed by atoms with Crippen molar-refractivity contribution in [3.8, 4) is 0 Å². The van der Waals surface area contributed by atoms with Crippen molar-refractivity contribution < 1.29 is 23.5 Å². The minimum atomic E-state index is -2.39. The number of carbonyl (C=O) groups is 2. The number of hydrogen-bond donors (Lipinski definition) is 2. The van der Waals surface area contributed by atoms with Crippen LogP contribution in [0.4, 0.5) is 14.5 Å². The Morgan fingerprint density at radius 2 is 2.18 bits per heavy atom. The number of alkyl halides is 1. The zero-order valence-corrected chi connectivity index (χ0v) is 8.96. The fourth-order valence-corrected chi connectivity index (χ4v) is 1.88. The summed E-state index contributed by atoms with van der Waals surface area (Å²) in [7, 11) is 0. The Balaban J connectivity index is 2.50. The van der Waals surface area contributed by atoms with Gasteiger partial charge in [0, 0.05) is 5.69 Å². The van der Waals surface area contributed by atoms with E-state index >= 15 is 0 Å². The van der Waals surface area contributed by atoms with Gasteiger partial charge in [0.25, 0.3) is 0 Å². The highest BCUT2D eigenvalue weighted by Gasteiger charge is 2.41. The van der Waals surface area contributed by atoms with Crippen LogP contribution in [0.15, 0.2) is 12.1 Å². The van der Waals surface area contributed by atoms with Crippen molar-refractivity contribution in [1.29, 1.82) is 0 Å². The Kier molecular flexibility index (Phi) is 2.74. The van der Waals surface area contributed by atoms with Gasteiger partial charge >= 0.3 is 5.97 Å². The molecule has 1 aliphatic rings. The van der Waals surface area contributed by atoms with E-state index in [1.165, 1.54) is 0 Å². The first-order chi connectivity index (χ1) is 7.91. The van der Waals surface area contributed by atoms with Gasteiger partial charge in [0.1, 0.15) is 11.7 Å². The standard InChI is InChI=1S/C10H6ClF2NO3/c11-4-1-3-6(2-5(4)12)14-9(15)7(3)8(13)10(16)17/h1-2,7-8H,(H,14,15)(H,16,17). The quantitative estimate of drug-likeness (QED) is 0.855. The number of carboxylic acids is 1. The van der Waals surface area contributed by atoms with Crippen LogP contribution in [0.5, 0.6) is 0 Å². The third-order valence-corrected chi connectivity index (χ3v) is 2.79. The molecule has 0 radical (unpaired) electrons. The van der Waals surface area contributed by atoms with E-state index in [4.69, 9.17) is 16.7 Å². The van der Waals surface area contributed by atoms with E-state index in [0.717, 1.165) is 12.1 Å². The molecule has 0 spiro atoms. The van der Waals surface area contributed by atoms with Gasteiger partial charge in [0.15, 0.2) is 0 Å². The van der Waals surface area contributed by atoms with Crippen molar-refractivity contribution in [2.24, 2.45) is 0 Å². The minimum Gasteiger partial charge on any atom is -0.479 e. The molecular weight excluding hydrogens is 256 g/mol. The van der Waals surface area contributed by atoms with E-state index in [1.54, 1.807) is 0 Å². The highest BCUT2D eigenvalue weighted by Crippen LogP contribution is 2.38. The lowest BCUT2D eigenvalue weighted by molar-refractivity contribution is -0.145. The summed E-state index contributed by atoms with van der Waals surface area (Å²) in [6, 6.07) is 1.99. The van der Waals surface area contributed by atoms with Crippen LogP contribution in [-0.4, -0.2) is 23.2 Å². The van der Waals surface area contributed by atoms with Crippen molar-refractivity contribution in [3.63, 3.8) is 0 Å². The van der Waals surface area contributed by atoms with Crippen LogP contribution in [0.1, 0.15) is 11.5 Å². The van der Waals surface area contributed by atoms with Crippen LogP contribution in [0.25, 0.3) is 0 Å². The number of benzene rings is 1. The highest BCUT2D eigenvalue weighted by molar-refractivity contribution is 6.31. The fourth-order valence-electron chi connectivity index (χ4n) is 1.71. The molecule has 1 heterocycles. The van der Waals surface area contributed by atoms with Gasteiger partial charge in [-0.05, 0) is 17.7 Å². The average molecular weight is 262 g/mol. The molecule has 1 amide bonds. The summed E-state index contributed by atoms with van der Waals surface area (Å²) in [5.74, 6) is -4.84. The van der Waals surface area contributed by atoms with Crippen molar-refractivity contribution in [3.05, 3.63) is 28.5 Å². The van der Waals surface area contributed by atoms with E-state index < -0.39 is 29.8 Å². The number of rotatable bonds is 2. The first-order valence-corrected chi connectivity index (χ1v) is 4.96. The topological polar surface area (TPSA) is 66.4 Å². The fraction of sp³-hybridized carbons (Fsp3) is 0.200. The van der Waals surface area contributed by atoms with Gasteiger partial charge in [0.05, 0.1) is 5.02 Å². The normalized spacial score (nSPS) is 19.7. The summed E-state index contributed by atoms with van der Waals surface area (Å²) in [6.07, 6.45) is -2.39. The number of halogens is 3. The maximum Gasteiger partial charge on any atom is 0.339 e. The van der Waals surface area contributed by atoms with Crippen molar-refractivity contribution in [1.82, 2.24) is 0 Å². The van der Waals surface area contributed by atoms with E-state index in [1.807, 2.05) is 0 Å². The summed E-state index contributed by atoms with van der Waals surface area (Å²) in [4.78, 5) is 22.0. The second-order valence-corrected chi connectivity index (χ2v) is 3.97. The molecule has 2 unspecified atom stereocenters. The van der Waals surface area contributed by atoms with E-state index in [0.29, 0.717) is 0 Å². The summed E-state index contributed by atoms with van der Waals surface area (Å²) in [5.41, 5.74) is 0.0992. The third-order valence-electron chi connectivity index (χ3n) is 2.50. The molecule has 4 nitrogen and oxygen atoms in total. The number of aliphatic carboxylic acids is 1. The number of carbonyl (C=O) groups excluding carboxylic acids is 1. The monoisotopic (exact) mass is 261 g/mol. The van der Waals surface area contributed by atoms with Crippen LogP contribution in [0.3, 0.4) is 0 Å².